The molecule has 3 atom stereocenters. The van der Waals surface area contributed by atoms with Crippen LogP contribution in [-0.4, -0.2) is 46.6 Å². The number of rotatable bonds is 7. The number of pyridine rings is 1. The lowest BCUT2D eigenvalue weighted by molar-refractivity contribution is -0.135. The maximum absolute atomic E-state index is 13.1. The summed E-state index contributed by atoms with van der Waals surface area (Å²) < 4.78 is 5.95. The summed E-state index contributed by atoms with van der Waals surface area (Å²) in [5.74, 6) is 1.25. The van der Waals surface area contributed by atoms with E-state index in [2.05, 4.69) is 26.6 Å². The van der Waals surface area contributed by atoms with E-state index in [1.165, 1.54) is 0 Å². The SMILES string of the molecule is CC(C)(Oc1ccc(C#N)cc1)C(=O)N[C@H]1C[C@H]2CC[C@@H](C1)N2c1ccc(C(=O)NC2CC2)cn1. The van der Waals surface area contributed by atoms with E-state index in [0.29, 0.717) is 35.0 Å². The summed E-state index contributed by atoms with van der Waals surface area (Å²) in [4.78, 5) is 32.3. The average Bonchev–Trinajstić information content (AvgIpc) is 3.62. The highest BCUT2D eigenvalue weighted by Gasteiger charge is 2.43. The molecule has 3 fully saturated rings. The van der Waals surface area contributed by atoms with E-state index < -0.39 is 5.60 Å². The summed E-state index contributed by atoms with van der Waals surface area (Å²) in [6.45, 7) is 3.52. The highest BCUT2D eigenvalue weighted by Crippen LogP contribution is 2.38. The first-order valence-corrected chi connectivity index (χ1v) is 12.4. The number of hydrogen-bond acceptors (Lipinski definition) is 6. The van der Waals surface area contributed by atoms with E-state index in [0.717, 1.165) is 44.3 Å². The highest BCUT2D eigenvalue weighted by molar-refractivity contribution is 5.94. The molecule has 35 heavy (non-hydrogen) atoms. The van der Waals surface area contributed by atoms with Crippen LogP contribution in [0.3, 0.4) is 0 Å². The van der Waals surface area contributed by atoms with Gasteiger partial charge in [0, 0.05) is 30.4 Å². The Hall–Kier alpha value is -3.60. The van der Waals surface area contributed by atoms with E-state index in [9.17, 15) is 9.59 Å². The minimum absolute atomic E-state index is 0.0539. The van der Waals surface area contributed by atoms with Gasteiger partial charge in [0.2, 0.25) is 0 Å². The predicted molar refractivity (Wildman–Crippen MR) is 131 cm³/mol. The van der Waals surface area contributed by atoms with Crippen LogP contribution < -0.4 is 20.3 Å². The van der Waals surface area contributed by atoms with Crippen LogP contribution in [0.4, 0.5) is 5.82 Å². The molecule has 2 aliphatic heterocycles. The first-order valence-electron chi connectivity index (χ1n) is 12.4. The van der Waals surface area contributed by atoms with Gasteiger partial charge in [-0.1, -0.05) is 0 Å². The van der Waals surface area contributed by atoms with Crippen LogP contribution in [0.2, 0.25) is 0 Å². The average molecular weight is 474 g/mol. The van der Waals surface area contributed by atoms with Crippen molar-refractivity contribution in [2.24, 2.45) is 0 Å². The molecule has 1 aromatic carbocycles. The number of carbonyl (C=O) groups excluding carboxylic acids is 2. The molecule has 8 heteroatoms. The number of fused-ring (bicyclic) bond motifs is 2. The molecule has 3 heterocycles. The minimum atomic E-state index is -1.04. The second-order valence-electron chi connectivity index (χ2n) is 10.3. The number of nitriles is 1. The Bertz CT molecular complexity index is 1120. The number of aromatic nitrogens is 1. The molecule has 0 spiro atoms. The first kappa shape index (κ1) is 23.2. The Kier molecular flexibility index (Phi) is 6.10. The zero-order valence-corrected chi connectivity index (χ0v) is 20.2. The van der Waals surface area contributed by atoms with Gasteiger partial charge in [-0.3, -0.25) is 9.59 Å². The van der Waals surface area contributed by atoms with Crippen LogP contribution in [-0.2, 0) is 4.79 Å². The molecule has 3 aliphatic rings. The van der Waals surface area contributed by atoms with Crippen molar-refractivity contribution < 1.29 is 14.3 Å². The molecule has 8 nitrogen and oxygen atoms in total. The van der Waals surface area contributed by atoms with E-state index >= 15 is 0 Å². The number of carbonyl (C=O) groups is 2. The third kappa shape index (κ3) is 5.09. The summed E-state index contributed by atoms with van der Waals surface area (Å²) in [6, 6.07) is 13.7. The summed E-state index contributed by atoms with van der Waals surface area (Å²) in [7, 11) is 0. The predicted octanol–water partition coefficient (Wildman–Crippen LogP) is 3.32. The van der Waals surface area contributed by atoms with E-state index in [1.807, 2.05) is 12.1 Å². The molecule has 1 saturated carbocycles. The van der Waals surface area contributed by atoms with Gasteiger partial charge in [0.25, 0.3) is 11.8 Å². The van der Waals surface area contributed by atoms with Crippen LogP contribution in [0, 0.1) is 11.3 Å². The van der Waals surface area contributed by atoms with Crippen LogP contribution in [0.1, 0.15) is 68.3 Å². The number of piperidine rings is 1. The summed E-state index contributed by atoms with van der Waals surface area (Å²) in [6.07, 6.45) is 7.61. The maximum atomic E-state index is 13.1. The lowest BCUT2D eigenvalue weighted by Crippen LogP contribution is -2.55. The van der Waals surface area contributed by atoms with Gasteiger partial charge in [0.1, 0.15) is 11.6 Å². The number of nitrogens with one attached hydrogen (secondary N) is 2. The quantitative estimate of drug-likeness (QED) is 0.639. The van der Waals surface area contributed by atoms with Gasteiger partial charge < -0.3 is 20.3 Å². The van der Waals surface area contributed by atoms with Crippen molar-refractivity contribution in [3.05, 3.63) is 53.7 Å². The fourth-order valence-electron chi connectivity index (χ4n) is 5.14. The molecule has 2 bridgehead atoms. The number of hydrogen-bond donors (Lipinski definition) is 2. The highest BCUT2D eigenvalue weighted by atomic mass is 16.5. The Morgan fingerprint density at radius 3 is 2.26 bits per heavy atom. The molecule has 2 amide bonds. The van der Waals surface area contributed by atoms with Crippen LogP contribution >= 0.6 is 0 Å². The lowest BCUT2D eigenvalue weighted by atomic mass is 9.96. The second-order valence-corrected chi connectivity index (χ2v) is 10.3. The summed E-state index contributed by atoms with van der Waals surface area (Å²) in [5, 5.41) is 15.2. The fourth-order valence-corrected chi connectivity index (χ4v) is 5.14. The van der Waals surface area contributed by atoms with Crippen molar-refractivity contribution in [2.75, 3.05) is 4.90 Å². The molecule has 2 saturated heterocycles. The standard InChI is InChI=1S/C27H31N5O3/c1-27(2,35-23-10-3-17(15-28)4-11-23)26(34)31-20-13-21-8-9-22(14-20)32(21)24-12-5-18(16-29-24)25(33)30-19-6-7-19/h3-5,10-12,16,19-22H,6-9,13-14H2,1-2H3,(H,30,33)(H,31,34)/t20-,21+,22-. The van der Waals surface area contributed by atoms with Gasteiger partial charge >= 0.3 is 0 Å². The molecule has 1 aliphatic carbocycles. The molecule has 2 N–H and O–H groups in total. The largest absolute Gasteiger partial charge is 0.478 e. The molecule has 182 valence electrons. The zero-order valence-electron chi connectivity index (χ0n) is 20.2. The first-order chi connectivity index (χ1) is 16.8. The molecule has 5 rings (SSSR count). The van der Waals surface area contributed by atoms with Crippen LogP contribution in [0.15, 0.2) is 42.6 Å². The molecule has 0 unspecified atom stereocenters. The van der Waals surface area contributed by atoms with Crippen LogP contribution in [0.25, 0.3) is 0 Å². The molecule has 2 aromatic rings. The Balaban J connectivity index is 1.18. The van der Waals surface area contributed by atoms with Gasteiger partial charge in [-0.15, -0.1) is 0 Å². The fraction of sp³-hybridized carbons (Fsp3) is 0.481. The van der Waals surface area contributed by atoms with E-state index in [-0.39, 0.29) is 17.9 Å². The number of nitrogens with zero attached hydrogens (tertiary/aromatic N) is 3. The monoisotopic (exact) mass is 473 g/mol. The third-order valence-corrected chi connectivity index (χ3v) is 7.16. The summed E-state index contributed by atoms with van der Waals surface area (Å²) >= 11 is 0. The van der Waals surface area contributed by atoms with Crippen molar-refractivity contribution in [1.82, 2.24) is 15.6 Å². The maximum Gasteiger partial charge on any atom is 0.263 e. The Labute approximate surface area is 205 Å². The van der Waals surface area contributed by atoms with Gasteiger partial charge in [-0.25, -0.2) is 4.98 Å². The summed E-state index contributed by atoms with van der Waals surface area (Å²) in [5.41, 5.74) is 0.107. The van der Waals surface area contributed by atoms with Crippen LogP contribution in [0.5, 0.6) is 5.75 Å². The number of ether oxygens (including phenoxy) is 1. The van der Waals surface area contributed by atoms with Gasteiger partial charge in [-0.2, -0.15) is 5.26 Å². The lowest BCUT2D eigenvalue weighted by Gasteiger charge is -2.40. The molecular formula is C27H31N5O3. The van der Waals surface area contributed by atoms with Crippen molar-refractivity contribution in [2.45, 2.75) is 82.1 Å². The zero-order chi connectivity index (χ0) is 24.6. The number of anilines is 1. The van der Waals surface area contributed by atoms with Crippen molar-refractivity contribution >= 4 is 17.6 Å². The van der Waals surface area contributed by atoms with Crippen molar-refractivity contribution in [3.8, 4) is 11.8 Å². The normalized spacial score (nSPS) is 23.3. The van der Waals surface area contributed by atoms with Gasteiger partial charge in [0.15, 0.2) is 5.60 Å². The number of benzene rings is 1. The minimum Gasteiger partial charge on any atom is -0.478 e. The third-order valence-electron chi connectivity index (χ3n) is 7.16. The Morgan fingerprint density at radius 1 is 1.00 bits per heavy atom. The second kappa shape index (κ2) is 9.21. The van der Waals surface area contributed by atoms with Crippen molar-refractivity contribution in [1.29, 1.82) is 5.26 Å². The van der Waals surface area contributed by atoms with Gasteiger partial charge in [-0.05, 0) is 88.8 Å². The van der Waals surface area contributed by atoms with E-state index in [1.54, 1.807) is 44.3 Å². The number of amides is 2. The molecule has 0 radical (unpaired) electrons. The Morgan fingerprint density at radius 2 is 1.69 bits per heavy atom. The van der Waals surface area contributed by atoms with Crippen molar-refractivity contribution in [3.63, 3.8) is 0 Å². The topological polar surface area (TPSA) is 107 Å². The molecule has 1 aromatic heterocycles. The molecular weight excluding hydrogens is 442 g/mol. The smallest absolute Gasteiger partial charge is 0.263 e. The van der Waals surface area contributed by atoms with E-state index in [4.69, 9.17) is 10.00 Å². The van der Waals surface area contributed by atoms with Gasteiger partial charge in [0.05, 0.1) is 17.2 Å².